The first-order valence-electron chi connectivity index (χ1n) is 9.46. The van der Waals surface area contributed by atoms with Crippen LogP contribution in [-0.4, -0.2) is 24.0 Å². The van der Waals surface area contributed by atoms with Crippen LogP contribution in [0.2, 0.25) is 5.02 Å². The Hall–Kier alpha value is -3.78. The monoisotopic (exact) mass is 440 g/mol. The maximum absolute atomic E-state index is 12.1. The van der Waals surface area contributed by atoms with Gasteiger partial charge >= 0.3 is 6.03 Å². The number of nitrogens with zero attached hydrogens (tertiary/aromatic N) is 1. The summed E-state index contributed by atoms with van der Waals surface area (Å²) in [4.78, 5) is 33.0. The van der Waals surface area contributed by atoms with Gasteiger partial charge in [0.25, 0.3) is 5.91 Å². The molecule has 0 aliphatic rings. The maximum Gasteiger partial charge on any atom is 0.352 e. The Kier molecular flexibility index (Phi) is 7.29. The molecule has 1 aromatic heterocycles. The molecule has 160 valence electrons. The van der Waals surface area contributed by atoms with Gasteiger partial charge in [0, 0.05) is 30.0 Å². The standard InChI is InChI=1S/C22H21ClN4O4/c1-3-14-12-18(8-9-19(14)23)31-27-22(29)26-15-4-6-16(7-5-15)30-17-10-11-25-20(13-17)21(28)24-2/h4-13H,3H2,1-2H3,(H,24,28)(H2,26,27,29). The molecule has 31 heavy (non-hydrogen) atoms. The van der Waals surface area contributed by atoms with E-state index in [9.17, 15) is 9.59 Å². The second-order valence-corrected chi connectivity index (χ2v) is 6.75. The van der Waals surface area contributed by atoms with Crippen molar-refractivity contribution in [2.24, 2.45) is 0 Å². The van der Waals surface area contributed by atoms with Crippen LogP contribution in [0.4, 0.5) is 10.5 Å². The third-order valence-electron chi connectivity index (χ3n) is 4.20. The van der Waals surface area contributed by atoms with Gasteiger partial charge in [0.15, 0.2) is 5.75 Å². The van der Waals surface area contributed by atoms with Crippen LogP contribution < -0.4 is 25.7 Å². The number of nitrogens with one attached hydrogen (secondary N) is 3. The van der Waals surface area contributed by atoms with E-state index in [2.05, 4.69) is 21.1 Å². The zero-order valence-corrected chi connectivity index (χ0v) is 17.7. The molecule has 0 aliphatic carbocycles. The number of anilines is 1. The van der Waals surface area contributed by atoms with E-state index >= 15 is 0 Å². The summed E-state index contributed by atoms with van der Waals surface area (Å²) in [5.41, 5.74) is 4.04. The topological polar surface area (TPSA) is 102 Å². The van der Waals surface area contributed by atoms with Crippen molar-refractivity contribution >= 4 is 29.2 Å². The lowest BCUT2D eigenvalue weighted by molar-refractivity contribution is 0.0958. The zero-order valence-electron chi connectivity index (χ0n) is 16.9. The molecule has 0 saturated heterocycles. The van der Waals surface area contributed by atoms with Crippen LogP contribution in [0, 0.1) is 0 Å². The number of carbonyl (C=O) groups is 2. The molecule has 0 atom stereocenters. The number of rotatable bonds is 7. The van der Waals surface area contributed by atoms with Crippen molar-refractivity contribution in [1.29, 1.82) is 0 Å². The highest BCUT2D eigenvalue weighted by Gasteiger charge is 2.08. The van der Waals surface area contributed by atoms with Gasteiger partial charge in [-0.15, -0.1) is 0 Å². The van der Waals surface area contributed by atoms with Crippen molar-refractivity contribution in [3.05, 3.63) is 77.1 Å². The van der Waals surface area contributed by atoms with Gasteiger partial charge in [0.1, 0.15) is 17.2 Å². The molecule has 3 aromatic rings. The van der Waals surface area contributed by atoms with Crippen molar-refractivity contribution in [2.75, 3.05) is 12.4 Å². The summed E-state index contributed by atoms with van der Waals surface area (Å²) in [6.07, 6.45) is 2.24. The van der Waals surface area contributed by atoms with Gasteiger partial charge in [-0.3, -0.25) is 9.78 Å². The minimum Gasteiger partial charge on any atom is -0.457 e. The summed E-state index contributed by atoms with van der Waals surface area (Å²) in [7, 11) is 1.53. The van der Waals surface area contributed by atoms with Crippen molar-refractivity contribution in [2.45, 2.75) is 13.3 Å². The summed E-state index contributed by atoms with van der Waals surface area (Å²) >= 11 is 6.07. The Morgan fingerprint density at radius 3 is 2.45 bits per heavy atom. The molecule has 9 heteroatoms. The molecule has 0 fully saturated rings. The Labute approximate surface area is 184 Å². The first-order chi connectivity index (χ1) is 15.0. The van der Waals surface area contributed by atoms with E-state index < -0.39 is 6.03 Å². The summed E-state index contributed by atoms with van der Waals surface area (Å²) < 4.78 is 5.73. The molecule has 2 aromatic carbocycles. The molecular formula is C22H21ClN4O4. The van der Waals surface area contributed by atoms with Crippen molar-refractivity contribution in [1.82, 2.24) is 15.8 Å². The van der Waals surface area contributed by atoms with Gasteiger partial charge < -0.3 is 20.2 Å². The van der Waals surface area contributed by atoms with E-state index in [1.54, 1.807) is 48.5 Å². The molecule has 0 bridgehead atoms. The third kappa shape index (κ3) is 6.10. The van der Waals surface area contributed by atoms with Crippen molar-refractivity contribution in [3.8, 4) is 17.2 Å². The second-order valence-electron chi connectivity index (χ2n) is 6.35. The number of pyridine rings is 1. The lowest BCUT2D eigenvalue weighted by Crippen LogP contribution is -2.31. The van der Waals surface area contributed by atoms with E-state index in [1.165, 1.54) is 19.3 Å². The Morgan fingerprint density at radius 1 is 1.00 bits per heavy atom. The van der Waals surface area contributed by atoms with Gasteiger partial charge in [0.2, 0.25) is 0 Å². The lowest BCUT2D eigenvalue weighted by atomic mass is 10.2. The van der Waals surface area contributed by atoms with Crippen LogP contribution in [0.15, 0.2) is 60.8 Å². The predicted octanol–water partition coefficient (Wildman–Crippen LogP) is 4.56. The van der Waals surface area contributed by atoms with Crippen molar-refractivity contribution in [3.63, 3.8) is 0 Å². The minimum atomic E-state index is -0.536. The fourth-order valence-electron chi connectivity index (χ4n) is 2.62. The first kappa shape index (κ1) is 21.9. The van der Waals surface area contributed by atoms with E-state index in [4.69, 9.17) is 21.2 Å². The number of aromatic nitrogens is 1. The predicted molar refractivity (Wildman–Crippen MR) is 118 cm³/mol. The largest absolute Gasteiger partial charge is 0.457 e. The number of ether oxygens (including phenoxy) is 1. The Balaban J connectivity index is 1.54. The van der Waals surface area contributed by atoms with E-state index in [1.807, 2.05) is 6.92 Å². The average molecular weight is 441 g/mol. The number of hydrogen-bond donors (Lipinski definition) is 3. The van der Waals surface area contributed by atoms with E-state index in [0.717, 1.165) is 12.0 Å². The highest BCUT2D eigenvalue weighted by Crippen LogP contribution is 2.24. The maximum atomic E-state index is 12.1. The number of aryl methyl sites for hydroxylation is 1. The summed E-state index contributed by atoms with van der Waals surface area (Å²) in [6.45, 7) is 1.98. The molecule has 3 amide bonds. The highest BCUT2D eigenvalue weighted by atomic mass is 35.5. The second kappa shape index (κ2) is 10.3. The van der Waals surface area contributed by atoms with Crippen LogP contribution in [0.1, 0.15) is 23.0 Å². The number of halogens is 1. The van der Waals surface area contributed by atoms with Gasteiger partial charge in [-0.05, 0) is 60.5 Å². The quantitative estimate of drug-likeness (QED) is 0.467. The molecule has 0 unspecified atom stereocenters. The minimum absolute atomic E-state index is 0.252. The summed E-state index contributed by atoms with van der Waals surface area (Å²) in [5, 5.41) is 5.81. The molecule has 0 radical (unpaired) electrons. The number of hydrogen-bond acceptors (Lipinski definition) is 5. The molecule has 3 N–H and O–H groups in total. The molecular weight excluding hydrogens is 420 g/mol. The fourth-order valence-corrected chi connectivity index (χ4v) is 2.87. The molecule has 8 nitrogen and oxygen atoms in total. The highest BCUT2D eigenvalue weighted by molar-refractivity contribution is 6.31. The number of urea groups is 1. The van der Waals surface area contributed by atoms with Gasteiger partial charge in [-0.25, -0.2) is 4.79 Å². The van der Waals surface area contributed by atoms with Crippen LogP contribution in [0.25, 0.3) is 0 Å². The van der Waals surface area contributed by atoms with Crippen LogP contribution in [-0.2, 0) is 6.42 Å². The number of carbonyl (C=O) groups excluding carboxylic acids is 2. The fraction of sp³-hybridized carbons (Fsp3) is 0.136. The van der Waals surface area contributed by atoms with Crippen LogP contribution in [0.5, 0.6) is 17.2 Å². The van der Waals surface area contributed by atoms with Gasteiger partial charge in [-0.2, -0.15) is 5.48 Å². The Bertz CT molecular complexity index is 1070. The van der Waals surface area contributed by atoms with E-state index in [0.29, 0.717) is 28.0 Å². The third-order valence-corrected chi connectivity index (χ3v) is 4.57. The zero-order chi connectivity index (χ0) is 22.2. The molecule has 1 heterocycles. The molecule has 0 aliphatic heterocycles. The van der Waals surface area contributed by atoms with Crippen molar-refractivity contribution < 1.29 is 19.2 Å². The average Bonchev–Trinajstić information content (AvgIpc) is 2.79. The molecule has 0 saturated carbocycles. The number of benzene rings is 2. The molecule has 0 spiro atoms. The number of hydroxylamine groups is 1. The van der Waals surface area contributed by atoms with Gasteiger partial charge in [0.05, 0.1) is 0 Å². The van der Waals surface area contributed by atoms with Crippen LogP contribution in [0.3, 0.4) is 0 Å². The Morgan fingerprint density at radius 2 is 1.74 bits per heavy atom. The smallest absolute Gasteiger partial charge is 0.352 e. The number of amides is 3. The first-order valence-corrected chi connectivity index (χ1v) is 9.84. The summed E-state index contributed by atoms with van der Waals surface area (Å²) in [6, 6.07) is 14.5. The lowest BCUT2D eigenvalue weighted by Gasteiger charge is -2.11. The SMILES string of the molecule is CCc1cc(ONC(=O)Nc2ccc(Oc3ccnc(C(=O)NC)c3)cc2)ccc1Cl. The summed E-state index contributed by atoms with van der Waals surface area (Å²) in [5.74, 6) is 1.18. The molecule has 3 rings (SSSR count). The van der Waals surface area contributed by atoms with Crippen LogP contribution >= 0.6 is 11.6 Å². The normalized spacial score (nSPS) is 10.2. The van der Waals surface area contributed by atoms with E-state index in [-0.39, 0.29) is 11.6 Å². The van der Waals surface area contributed by atoms with Gasteiger partial charge in [-0.1, -0.05) is 18.5 Å².